The third kappa shape index (κ3) is 3.33. The van der Waals surface area contributed by atoms with Crippen LogP contribution in [0.4, 0.5) is 0 Å². The van der Waals surface area contributed by atoms with Gasteiger partial charge in [0.05, 0.1) is 12.1 Å². The van der Waals surface area contributed by atoms with Crippen LogP contribution in [-0.2, 0) is 6.54 Å². The molecule has 6 heteroatoms. The van der Waals surface area contributed by atoms with Crippen LogP contribution in [-0.4, -0.2) is 27.7 Å². The summed E-state index contributed by atoms with van der Waals surface area (Å²) in [5, 5.41) is 11.7. The van der Waals surface area contributed by atoms with Crippen molar-refractivity contribution in [1.29, 1.82) is 0 Å². The first-order valence-corrected chi connectivity index (χ1v) is 9.07. The van der Waals surface area contributed by atoms with Crippen LogP contribution in [0, 0.1) is 0 Å². The Hall–Kier alpha value is -0.850. The van der Waals surface area contributed by atoms with E-state index >= 15 is 0 Å². The van der Waals surface area contributed by atoms with Gasteiger partial charge in [-0.3, -0.25) is 0 Å². The fraction of sp³-hybridized carbons (Fsp3) is 0.467. The van der Waals surface area contributed by atoms with Gasteiger partial charge >= 0.3 is 0 Å². The van der Waals surface area contributed by atoms with E-state index in [1.807, 2.05) is 36.0 Å². The second kappa shape index (κ2) is 6.50. The van der Waals surface area contributed by atoms with Crippen molar-refractivity contribution in [2.75, 3.05) is 12.8 Å². The molecule has 0 saturated heterocycles. The standard InChI is InChI=1S/C15H18BrN3OS/c1-21-15(7-4-8-15)10-17-9-13-18-19-14(20-13)11-5-2-3-6-12(11)16/h2-3,5-6,17H,4,7-10H2,1H3. The molecule has 3 rings (SSSR count). The van der Waals surface area contributed by atoms with Crippen molar-refractivity contribution >= 4 is 27.7 Å². The SMILES string of the molecule is CSC1(CNCc2nnc(-c3ccccc3Br)o2)CCC1. The van der Waals surface area contributed by atoms with Gasteiger partial charge < -0.3 is 9.73 Å². The van der Waals surface area contributed by atoms with Gasteiger partial charge in [-0.2, -0.15) is 11.8 Å². The van der Waals surface area contributed by atoms with Crippen molar-refractivity contribution < 1.29 is 4.42 Å². The number of aromatic nitrogens is 2. The predicted octanol–water partition coefficient (Wildman–Crippen LogP) is 3.87. The molecule has 1 saturated carbocycles. The van der Waals surface area contributed by atoms with E-state index in [0.29, 0.717) is 23.1 Å². The molecule has 21 heavy (non-hydrogen) atoms. The number of benzene rings is 1. The minimum Gasteiger partial charge on any atom is -0.419 e. The van der Waals surface area contributed by atoms with Crippen molar-refractivity contribution in [3.8, 4) is 11.5 Å². The molecular weight excluding hydrogens is 350 g/mol. The highest BCUT2D eigenvalue weighted by Crippen LogP contribution is 2.42. The highest BCUT2D eigenvalue weighted by atomic mass is 79.9. The van der Waals surface area contributed by atoms with Crippen LogP contribution in [0.3, 0.4) is 0 Å². The van der Waals surface area contributed by atoms with Gasteiger partial charge in [0.2, 0.25) is 11.8 Å². The van der Waals surface area contributed by atoms with E-state index in [2.05, 4.69) is 37.7 Å². The molecule has 1 heterocycles. The Morgan fingerprint density at radius 2 is 2.14 bits per heavy atom. The Bertz CT molecular complexity index is 607. The smallest absolute Gasteiger partial charge is 0.248 e. The van der Waals surface area contributed by atoms with Crippen LogP contribution in [0.15, 0.2) is 33.2 Å². The first kappa shape index (κ1) is 15.1. The average molecular weight is 368 g/mol. The number of nitrogens with zero attached hydrogens (tertiary/aromatic N) is 2. The van der Waals surface area contributed by atoms with Crippen LogP contribution in [0.25, 0.3) is 11.5 Å². The molecule has 2 aromatic rings. The normalized spacial score (nSPS) is 16.7. The Morgan fingerprint density at radius 1 is 1.33 bits per heavy atom. The molecule has 0 aliphatic heterocycles. The van der Waals surface area contributed by atoms with Crippen molar-refractivity contribution in [2.45, 2.75) is 30.6 Å². The quantitative estimate of drug-likeness (QED) is 0.839. The van der Waals surface area contributed by atoms with Crippen LogP contribution >= 0.6 is 27.7 Å². The lowest BCUT2D eigenvalue weighted by Gasteiger charge is -2.40. The molecule has 1 N–H and O–H groups in total. The number of halogens is 1. The maximum Gasteiger partial charge on any atom is 0.248 e. The molecule has 1 aromatic heterocycles. The average Bonchev–Trinajstić information content (AvgIpc) is 2.91. The maximum absolute atomic E-state index is 5.73. The number of rotatable bonds is 6. The Kier molecular flexibility index (Phi) is 4.66. The summed E-state index contributed by atoms with van der Waals surface area (Å²) in [6, 6.07) is 7.86. The largest absolute Gasteiger partial charge is 0.419 e. The zero-order valence-electron chi connectivity index (χ0n) is 11.9. The fourth-order valence-corrected chi connectivity index (χ4v) is 3.89. The van der Waals surface area contributed by atoms with Crippen LogP contribution < -0.4 is 5.32 Å². The molecule has 1 aliphatic rings. The molecule has 0 radical (unpaired) electrons. The number of hydrogen-bond acceptors (Lipinski definition) is 5. The lowest BCUT2D eigenvalue weighted by molar-refractivity contribution is 0.338. The summed E-state index contributed by atoms with van der Waals surface area (Å²) in [4.78, 5) is 0. The first-order valence-electron chi connectivity index (χ1n) is 7.06. The molecule has 1 fully saturated rings. The van der Waals surface area contributed by atoms with Gasteiger partial charge in [0.15, 0.2) is 0 Å². The summed E-state index contributed by atoms with van der Waals surface area (Å²) in [5.74, 6) is 1.19. The third-order valence-electron chi connectivity index (χ3n) is 3.99. The zero-order chi connectivity index (χ0) is 14.7. The molecule has 0 amide bonds. The van der Waals surface area contributed by atoms with Gasteiger partial charge in [0, 0.05) is 15.8 Å². The van der Waals surface area contributed by atoms with Gasteiger partial charge in [0.25, 0.3) is 0 Å². The third-order valence-corrected chi connectivity index (χ3v) is 6.10. The predicted molar refractivity (Wildman–Crippen MR) is 89.2 cm³/mol. The highest BCUT2D eigenvalue weighted by Gasteiger charge is 2.35. The monoisotopic (exact) mass is 367 g/mol. The van der Waals surface area contributed by atoms with Gasteiger partial charge in [-0.25, -0.2) is 0 Å². The number of nitrogens with one attached hydrogen (secondary N) is 1. The van der Waals surface area contributed by atoms with Crippen molar-refractivity contribution in [3.63, 3.8) is 0 Å². The molecule has 0 atom stereocenters. The van der Waals surface area contributed by atoms with E-state index < -0.39 is 0 Å². The van der Waals surface area contributed by atoms with E-state index in [9.17, 15) is 0 Å². The summed E-state index contributed by atoms with van der Waals surface area (Å²) in [7, 11) is 0. The Balaban J connectivity index is 1.59. The second-order valence-electron chi connectivity index (χ2n) is 5.33. The van der Waals surface area contributed by atoms with Crippen molar-refractivity contribution in [1.82, 2.24) is 15.5 Å². The minimum atomic E-state index is 0.422. The first-order chi connectivity index (χ1) is 10.2. The second-order valence-corrected chi connectivity index (χ2v) is 7.45. The molecule has 4 nitrogen and oxygen atoms in total. The van der Waals surface area contributed by atoms with Gasteiger partial charge in [-0.15, -0.1) is 10.2 Å². The van der Waals surface area contributed by atoms with Gasteiger partial charge in [-0.1, -0.05) is 18.6 Å². The topological polar surface area (TPSA) is 51.0 Å². The lowest BCUT2D eigenvalue weighted by Crippen LogP contribution is -2.43. The summed E-state index contributed by atoms with van der Waals surface area (Å²) >= 11 is 5.46. The number of hydrogen-bond donors (Lipinski definition) is 1. The summed E-state index contributed by atoms with van der Waals surface area (Å²) < 4.78 is 7.11. The summed E-state index contributed by atoms with van der Waals surface area (Å²) in [6.45, 7) is 1.63. The highest BCUT2D eigenvalue weighted by molar-refractivity contribution is 9.10. The van der Waals surface area contributed by atoms with E-state index in [0.717, 1.165) is 16.6 Å². The maximum atomic E-state index is 5.73. The molecule has 0 unspecified atom stereocenters. The molecule has 112 valence electrons. The van der Waals surface area contributed by atoms with E-state index in [1.54, 1.807) is 0 Å². The van der Waals surface area contributed by atoms with Crippen molar-refractivity contribution in [2.24, 2.45) is 0 Å². The van der Waals surface area contributed by atoms with E-state index in [1.165, 1.54) is 19.3 Å². The minimum absolute atomic E-state index is 0.422. The van der Waals surface area contributed by atoms with Crippen molar-refractivity contribution in [3.05, 3.63) is 34.6 Å². The molecule has 0 bridgehead atoms. The summed E-state index contributed by atoms with van der Waals surface area (Å²) in [5.41, 5.74) is 0.927. The van der Waals surface area contributed by atoms with Crippen LogP contribution in [0.1, 0.15) is 25.2 Å². The van der Waals surface area contributed by atoms with Crippen LogP contribution in [0.5, 0.6) is 0 Å². The van der Waals surface area contributed by atoms with E-state index in [-0.39, 0.29) is 0 Å². The van der Waals surface area contributed by atoms with E-state index in [4.69, 9.17) is 4.42 Å². The van der Waals surface area contributed by atoms with Gasteiger partial charge in [-0.05, 0) is 47.2 Å². The fourth-order valence-electron chi connectivity index (χ4n) is 2.49. The molecular formula is C15H18BrN3OS. The Labute approximate surface area is 137 Å². The zero-order valence-corrected chi connectivity index (χ0v) is 14.3. The lowest BCUT2D eigenvalue weighted by atomic mass is 9.84. The van der Waals surface area contributed by atoms with Crippen LogP contribution in [0.2, 0.25) is 0 Å². The Morgan fingerprint density at radius 3 is 2.81 bits per heavy atom. The molecule has 1 aromatic carbocycles. The van der Waals surface area contributed by atoms with Gasteiger partial charge in [0.1, 0.15) is 0 Å². The summed E-state index contributed by atoms with van der Waals surface area (Å²) in [6.07, 6.45) is 6.13. The number of thioether (sulfide) groups is 1. The molecule has 0 spiro atoms. The molecule has 1 aliphatic carbocycles.